The summed E-state index contributed by atoms with van der Waals surface area (Å²) in [6.45, 7) is 4.48. The van der Waals surface area contributed by atoms with Crippen LogP contribution in [0.4, 0.5) is 13.2 Å². The fraction of sp³-hybridized carbons (Fsp3) is 0.607. The molecule has 0 saturated heterocycles. The Labute approximate surface area is 236 Å². The topological polar surface area (TPSA) is 75.4 Å². The van der Waals surface area contributed by atoms with E-state index in [2.05, 4.69) is 18.9 Å². The van der Waals surface area contributed by atoms with Crippen molar-refractivity contribution in [1.82, 2.24) is 14.7 Å². The minimum Gasteiger partial charge on any atom is -0.481 e. The minimum absolute atomic E-state index is 0.105. The van der Waals surface area contributed by atoms with Gasteiger partial charge in [-0.1, -0.05) is 43.1 Å². The summed E-state index contributed by atoms with van der Waals surface area (Å²) in [5, 5.41) is 14.2. The van der Waals surface area contributed by atoms with Gasteiger partial charge in [-0.15, -0.1) is 0 Å². The highest BCUT2D eigenvalue weighted by Gasteiger charge is 2.44. The van der Waals surface area contributed by atoms with Gasteiger partial charge in [0.05, 0.1) is 23.7 Å². The average molecular weight is 588 g/mol. The van der Waals surface area contributed by atoms with Crippen molar-refractivity contribution < 1.29 is 27.9 Å². The van der Waals surface area contributed by atoms with Crippen LogP contribution in [-0.4, -0.2) is 44.3 Å². The highest BCUT2D eigenvalue weighted by molar-refractivity contribution is 6.36. The summed E-state index contributed by atoms with van der Waals surface area (Å²) in [6.07, 6.45) is 0.634. The van der Waals surface area contributed by atoms with E-state index in [1.165, 1.54) is 0 Å². The number of aromatic nitrogens is 2. The molecule has 0 radical (unpaired) electrons. The fourth-order valence-corrected chi connectivity index (χ4v) is 6.54. The van der Waals surface area contributed by atoms with Gasteiger partial charge in [-0.2, -0.15) is 18.3 Å². The predicted molar refractivity (Wildman–Crippen MR) is 143 cm³/mol. The minimum atomic E-state index is -4.81. The van der Waals surface area contributed by atoms with E-state index in [4.69, 9.17) is 23.2 Å². The van der Waals surface area contributed by atoms with Gasteiger partial charge in [0, 0.05) is 22.6 Å². The number of carboxylic acid groups (broad SMARTS) is 1. The first-order valence-corrected chi connectivity index (χ1v) is 14.2. The summed E-state index contributed by atoms with van der Waals surface area (Å²) in [4.78, 5) is 26.8. The molecule has 6 nitrogen and oxygen atoms in total. The molecule has 0 bridgehead atoms. The van der Waals surface area contributed by atoms with Crippen molar-refractivity contribution in [3.05, 3.63) is 51.3 Å². The number of carbonyl (C=O) groups is 2. The molecule has 214 valence electrons. The highest BCUT2D eigenvalue weighted by atomic mass is 35.5. The average Bonchev–Trinajstić information content (AvgIpc) is 3.32. The maximum atomic E-state index is 14.5. The van der Waals surface area contributed by atoms with Crippen LogP contribution in [0.1, 0.15) is 92.9 Å². The lowest BCUT2D eigenvalue weighted by Crippen LogP contribution is -2.45. The Morgan fingerprint density at radius 1 is 1.08 bits per heavy atom. The number of carbonyl (C=O) groups excluding carboxylic acids is 1. The second-order valence-corrected chi connectivity index (χ2v) is 12.4. The molecule has 0 unspecified atom stereocenters. The van der Waals surface area contributed by atoms with Crippen LogP contribution in [0.15, 0.2) is 24.4 Å². The van der Waals surface area contributed by atoms with E-state index in [9.17, 15) is 27.9 Å². The molecule has 2 fully saturated rings. The largest absolute Gasteiger partial charge is 0.481 e. The third-order valence-electron chi connectivity index (χ3n) is 8.36. The van der Waals surface area contributed by atoms with Gasteiger partial charge >= 0.3 is 12.1 Å². The van der Waals surface area contributed by atoms with Crippen LogP contribution in [0.25, 0.3) is 0 Å². The van der Waals surface area contributed by atoms with Gasteiger partial charge in [0.2, 0.25) is 0 Å². The molecule has 2 saturated carbocycles. The Morgan fingerprint density at radius 3 is 2.21 bits per heavy atom. The van der Waals surface area contributed by atoms with Crippen LogP contribution < -0.4 is 0 Å². The number of hydrogen-bond donors (Lipinski definition) is 1. The van der Waals surface area contributed by atoms with E-state index in [0.29, 0.717) is 34.9 Å². The maximum absolute atomic E-state index is 14.5. The zero-order chi connectivity index (χ0) is 28.5. The van der Waals surface area contributed by atoms with E-state index in [-0.39, 0.29) is 43.7 Å². The Hall–Kier alpha value is -2.26. The van der Waals surface area contributed by atoms with Crippen LogP contribution in [0.5, 0.6) is 0 Å². The smallest absolute Gasteiger partial charge is 0.433 e. The Bertz CT molecular complexity index is 1180. The predicted octanol–water partition coefficient (Wildman–Crippen LogP) is 7.68. The van der Waals surface area contributed by atoms with Crippen molar-refractivity contribution in [2.45, 2.75) is 89.9 Å². The molecule has 1 aromatic heterocycles. The third kappa shape index (κ3) is 6.73. The molecule has 11 heteroatoms. The number of nitrogens with zero attached hydrogens (tertiary/aromatic N) is 3. The Morgan fingerprint density at radius 2 is 1.67 bits per heavy atom. The number of alkyl halides is 3. The molecular formula is C28H34Cl2F3N3O3. The molecule has 1 heterocycles. The van der Waals surface area contributed by atoms with Gasteiger partial charge in [-0.05, 0) is 80.9 Å². The summed E-state index contributed by atoms with van der Waals surface area (Å²) in [6, 6.07) is 4.27. The summed E-state index contributed by atoms with van der Waals surface area (Å²) < 4.78 is 44.3. The zero-order valence-electron chi connectivity index (χ0n) is 22.1. The molecule has 2 aliphatic rings. The number of hydrogen-bond acceptors (Lipinski definition) is 3. The second-order valence-electron chi connectivity index (χ2n) is 11.5. The molecular weight excluding hydrogens is 554 g/mol. The van der Waals surface area contributed by atoms with Gasteiger partial charge in [-0.3, -0.25) is 14.3 Å². The van der Waals surface area contributed by atoms with E-state index in [1.807, 2.05) is 0 Å². The number of halogens is 5. The molecule has 0 atom stereocenters. The van der Waals surface area contributed by atoms with Crippen molar-refractivity contribution in [2.75, 3.05) is 6.54 Å². The molecule has 0 aliphatic heterocycles. The summed E-state index contributed by atoms with van der Waals surface area (Å²) in [7, 11) is 0. The van der Waals surface area contributed by atoms with Crippen LogP contribution in [0.3, 0.4) is 0 Å². The maximum Gasteiger partial charge on any atom is 0.433 e. The fourth-order valence-electron chi connectivity index (χ4n) is 5.95. The lowest BCUT2D eigenvalue weighted by atomic mass is 9.75. The van der Waals surface area contributed by atoms with Crippen molar-refractivity contribution in [3.63, 3.8) is 0 Å². The van der Waals surface area contributed by atoms with E-state index in [0.717, 1.165) is 23.7 Å². The van der Waals surface area contributed by atoms with Crippen molar-refractivity contribution in [3.8, 4) is 0 Å². The normalized spacial score (nSPS) is 22.0. The second kappa shape index (κ2) is 11.7. The molecule has 2 aliphatic carbocycles. The summed E-state index contributed by atoms with van der Waals surface area (Å²) in [5.74, 6) is -2.22. The van der Waals surface area contributed by atoms with Crippen molar-refractivity contribution in [2.24, 2.45) is 11.3 Å². The lowest BCUT2D eigenvalue weighted by Gasteiger charge is -2.40. The van der Waals surface area contributed by atoms with Crippen LogP contribution in [0.2, 0.25) is 10.0 Å². The van der Waals surface area contributed by atoms with Gasteiger partial charge in [0.1, 0.15) is 0 Å². The monoisotopic (exact) mass is 587 g/mol. The standard InChI is InChI=1S/C28H34Cl2F3N3O3/c1-27(2)13-10-18(11-14-27)35(15-12-20-22(29)4-3-5-23(20)30)25(37)21-16-34-36(24(21)28(31,32)33)19-8-6-17(7-9-19)26(38)39/h3-5,16-19H,6-15H2,1-2H3,(H,38,39)/t17-,19-. The van der Waals surface area contributed by atoms with Crippen LogP contribution >= 0.6 is 23.2 Å². The number of carboxylic acids is 1. The van der Waals surface area contributed by atoms with Gasteiger partial charge in [-0.25, -0.2) is 0 Å². The van der Waals surface area contributed by atoms with Crippen LogP contribution in [-0.2, 0) is 17.4 Å². The molecule has 4 rings (SSSR count). The molecule has 0 spiro atoms. The first kappa shape index (κ1) is 29.7. The number of rotatable bonds is 7. The van der Waals surface area contributed by atoms with Gasteiger partial charge < -0.3 is 10.0 Å². The summed E-state index contributed by atoms with van der Waals surface area (Å²) in [5.41, 5.74) is -0.786. The number of benzene rings is 1. The number of amides is 1. The number of aliphatic carboxylic acids is 1. The highest BCUT2D eigenvalue weighted by Crippen LogP contribution is 2.41. The SMILES string of the molecule is CC1(C)CCC(N(CCc2c(Cl)cccc2Cl)C(=O)c2cnn([C@H]3CC[C@H](C(=O)O)CC3)c2C(F)(F)F)CC1. The van der Waals surface area contributed by atoms with Crippen molar-refractivity contribution >= 4 is 35.1 Å². The van der Waals surface area contributed by atoms with E-state index >= 15 is 0 Å². The van der Waals surface area contributed by atoms with E-state index in [1.54, 1.807) is 23.1 Å². The van der Waals surface area contributed by atoms with Gasteiger partial charge in [0.25, 0.3) is 5.91 Å². The zero-order valence-corrected chi connectivity index (χ0v) is 23.6. The van der Waals surface area contributed by atoms with Crippen LogP contribution in [0, 0.1) is 11.3 Å². The Balaban J connectivity index is 1.65. The van der Waals surface area contributed by atoms with Crippen molar-refractivity contribution in [1.29, 1.82) is 0 Å². The first-order valence-electron chi connectivity index (χ1n) is 13.4. The lowest BCUT2D eigenvalue weighted by molar-refractivity contribution is -0.147. The Kier molecular flexibility index (Phi) is 8.91. The molecule has 1 N–H and O–H groups in total. The summed E-state index contributed by atoms with van der Waals surface area (Å²) >= 11 is 12.7. The molecule has 39 heavy (non-hydrogen) atoms. The quantitative estimate of drug-likeness (QED) is 0.360. The first-order chi connectivity index (χ1) is 18.3. The van der Waals surface area contributed by atoms with Gasteiger partial charge in [0.15, 0.2) is 5.69 Å². The molecule has 1 amide bonds. The van der Waals surface area contributed by atoms with E-state index < -0.39 is 41.3 Å². The third-order valence-corrected chi connectivity index (χ3v) is 9.07. The molecule has 1 aromatic carbocycles. The molecule has 2 aromatic rings.